The molecule has 0 radical (unpaired) electrons. The minimum atomic E-state index is 0.319. The van der Waals surface area contributed by atoms with E-state index in [0.717, 1.165) is 6.54 Å². The first kappa shape index (κ1) is 11.9. The van der Waals surface area contributed by atoms with Crippen LogP contribution in [0.1, 0.15) is 33.6 Å². The third-order valence-electron chi connectivity index (χ3n) is 2.32. The van der Waals surface area contributed by atoms with Gasteiger partial charge in [0.15, 0.2) is 0 Å². The van der Waals surface area contributed by atoms with Crippen molar-refractivity contribution in [2.75, 3.05) is 27.2 Å². The molecule has 0 fully saturated rings. The Kier molecular flexibility index (Phi) is 5.51. The van der Waals surface area contributed by atoms with Crippen LogP contribution in [0.25, 0.3) is 0 Å². The summed E-state index contributed by atoms with van der Waals surface area (Å²) in [7, 11) is 4.20. The van der Waals surface area contributed by atoms with Crippen LogP contribution in [0.4, 0.5) is 0 Å². The summed E-state index contributed by atoms with van der Waals surface area (Å²) in [5, 5.41) is 3.16. The topological polar surface area (TPSA) is 15.3 Å². The van der Waals surface area contributed by atoms with E-state index in [9.17, 15) is 0 Å². The van der Waals surface area contributed by atoms with E-state index >= 15 is 0 Å². The maximum absolute atomic E-state index is 3.16. The SMILES string of the molecule is CNCCCCN(C)C(C)(C)C. The van der Waals surface area contributed by atoms with Gasteiger partial charge in [0.2, 0.25) is 0 Å². The molecular formula is C10H24N2. The lowest BCUT2D eigenvalue weighted by Gasteiger charge is -2.31. The van der Waals surface area contributed by atoms with E-state index in [4.69, 9.17) is 0 Å². The van der Waals surface area contributed by atoms with Crippen molar-refractivity contribution in [2.24, 2.45) is 0 Å². The second-order valence-corrected chi connectivity index (χ2v) is 4.40. The van der Waals surface area contributed by atoms with Gasteiger partial charge in [-0.05, 0) is 60.8 Å². The molecule has 12 heavy (non-hydrogen) atoms. The minimum Gasteiger partial charge on any atom is -0.320 e. The molecule has 0 aliphatic heterocycles. The van der Waals surface area contributed by atoms with Crippen molar-refractivity contribution in [3.05, 3.63) is 0 Å². The summed E-state index contributed by atoms with van der Waals surface area (Å²) in [6.07, 6.45) is 2.56. The predicted octanol–water partition coefficient (Wildman–Crippen LogP) is 1.72. The van der Waals surface area contributed by atoms with Gasteiger partial charge >= 0.3 is 0 Å². The predicted molar refractivity (Wildman–Crippen MR) is 55.5 cm³/mol. The lowest BCUT2D eigenvalue weighted by molar-refractivity contribution is 0.173. The van der Waals surface area contributed by atoms with E-state index in [-0.39, 0.29) is 0 Å². The van der Waals surface area contributed by atoms with E-state index in [1.807, 2.05) is 7.05 Å². The number of hydrogen-bond acceptors (Lipinski definition) is 2. The number of unbranched alkanes of at least 4 members (excludes halogenated alkanes) is 1. The summed E-state index contributed by atoms with van der Waals surface area (Å²) < 4.78 is 0. The van der Waals surface area contributed by atoms with Crippen LogP contribution >= 0.6 is 0 Å². The Morgan fingerprint density at radius 1 is 1.17 bits per heavy atom. The molecule has 0 saturated carbocycles. The van der Waals surface area contributed by atoms with Crippen LogP contribution in [0.5, 0.6) is 0 Å². The smallest absolute Gasteiger partial charge is 0.0122 e. The van der Waals surface area contributed by atoms with Crippen molar-refractivity contribution < 1.29 is 0 Å². The highest BCUT2D eigenvalue weighted by molar-refractivity contribution is 4.72. The molecule has 0 bridgehead atoms. The zero-order valence-electron chi connectivity index (χ0n) is 9.28. The van der Waals surface area contributed by atoms with Crippen LogP contribution < -0.4 is 5.32 Å². The van der Waals surface area contributed by atoms with Gasteiger partial charge < -0.3 is 10.2 Å². The van der Waals surface area contributed by atoms with Gasteiger partial charge in [0.05, 0.1) is 0 Å². The highest BCUT2D eigenvalue weighted by Crippen LogP contribution is 2.10. The first-order chi connectivity index (χ1) is 5.48. The van der Waals surface area contributed by atoms with Gasteiger partial charge in [0.1, 0.15) is 0 Å². The van der Waals surface area contributed by atoms with E-state index in [1.54, 1.807) is 0 Å². The molecule has 0 heterocycles. The lowest BCUT2D eigenvalue weighted by atomic mass is 10.1. The van der Waals surface area contributed by atoms with Gasteiger partial charge in [-0.1, -0.05) is 0 Å². The summed E-state index contributed by atoms with van der Waals surface area (Å²) in [6, 6.07) is 0. The average Bonchev–Trinajstić information content (AvgIpc) is 1.96. The molecule has 1 N–H and O–H groups in total. The second-order valence-electron chi connectivity index (χ2n) is 4.40. The molecular weight excluding hydrogens is 148 g/mol. The third kappa shape index (κ3) is 5.56. The Balaban J connectivity index is 3.38. The summed E-state index contributed by atoms with van der Waals surface area (Å²) in [6.45, 7) is 9.10. The maximum Gasteiger partial charge on any atom is 0.0122 e. The lowest BCUT2D eigenvalue weighted by Crippen LogP contribution is -2.38. The largest absolute Gasteiger partial charge is 0.320 e. The van der Waals surface area contributed by atoms with Gasteiger partial charge in [-0.3, -0.25) is 0 Å². The van der Waals surface area contributed by atoms with Crippen LogP contribution in [0.15, 0.2) is 0 Å². The molecule has 2 heteroatoms. The van der Waals surface area contributed by atoms with Crippen LogP contribution in [-0.2, 0) is 0 Å². The fourth-order valence-electron chi connectivity index (χ4n) is 0.986. The van der Waals surface area contributed by atoms with Gasteiger partial charge in [0.25, 0.3) is 0 Å². The molecule has 0 aromatic carbocycles. The zero-order valence-corrected chi connectivity index (χ0v) is 9.28. The molecule has 0 aromatic heterocycles. The molecule has 0 aliphatic rings. The maximum atomic E-state index is 3.16. The van der Waals surface area contributed by atoms with Crippen LogP contribution in [-0.4, -0.2) is 37.6 Å². The first-order valence-electron chi connectivity index (χ1n) is 4.84. The summed E-state index contributed by atoms with van der Waals surface area (Å²) in [5.41, 5.74) is 0.319. The fraction of sp³-hybridized carbons (Fsp3) is 1.00. The number of nitrogens with one attached hydrogen (secondary N) is 1. The normalized spacial score (nSPS) is 12.5. The quantitative estimate of drug-likeness (QED) is 0.635. The van der Waals surface area contributed by atoms with Crippen molar-refractivity contribution in [3.63, 3.8) is 0 Å². The van der Waals surface area contributed by atoms with Crippen molar-refractivity contribution in [2.45, 2.75) is 39.2 Å². The highest BCUT2D eigenvalue weighted by Gasteiger charge is 2.15. The molecule has 0 spiro atoms. The number of rotatable bonds is 5. The van der Waals surface area contributed by atoms with Gasteiger partial charge in [-0.15, -0.1) is 0 Å². The molecule has 0 aliphatic carbocycles. The second kappa shape index (κ2) is 5.55. The Bertz CT molecular complexity index is 105. The average molecular weight is 172 g/mol. The molecule has 2 nitrogen and oxygen atoms in total. The van der Waals surface area contributed by atoms with Crippen molar-refractivity contribution in [3.8, 4) is 0 Å². The standard InChI is InChI=1S/C10H24N2/c1-10(2,3)12(5)9-7-6-8-11-4/h11H,6-9H2,1-5H3. The van der Waals surface area contributed by atoms with Crippen molar-refractivity contribution >= 4 is 0 Å². The molecule has 0 unspecified atom stereocenters. The van der Waals surface area contributed by atoms with Crippen LogP contribution in [0.2, 0.25) is 0 Å². The van der Waals surface area contributed by atoms with E-state index in [0.29, 0.717) is 5.54 Å². The molecule has 0 saturated heterocycles. The Hall–Kier alpha value is -0.0800. The van der Waals surface area contributed by atoms with Crippen molar-refractivity contribution in [1.82, 2.24) is 10.2 Å². The van der Waals surface area contributed by atoms with Crippen molar-refractivity contribution in [1.29, 1.82) is 0 Å². The molecule has 0 rings (SSSR count). The van der Waals surface area contributed by atoms with E-state index in [1.165, 1.54) is 19.4 Å². The monoisotopic (exact) mass is 172 g/mol. The summed E-state index contributed by atoms with van der Waals surface area (Å²) >= 11 is 0. The van der Waals surface area contributed by atoms with Crippen LogP contribution in [0, 0.1) is 0 Å². The molecule has 74 valence electrons. The summed E-state index contributed by atoms with van der Waals surface area (Å²) in [4.78, 5) is 2.41. The van der Waals surface area contributed by atoms with Gasteiger partial charge in [0, 0.05) is 5.54 Å². The molecule has 0 aromatic rings. The highest BCUT2D eigenvalue weighted by atomic mass is 15.1. The fourth-order valence-corrected chi connectivity index (χ4v) is 0.986. The van der Waals surface area contributed by atoms with Crippen LogP contribution in [0.3, 0.4) is 0 Å². The Labute approximate surface area is 77.3 Å². The number of nitrogens with zero attached hydrogens (tertiary/aromatic N) is 1. The van der Waals surface area contributed by atoms with Gasteiger partial charge in [-0.25, -0.2) is 0 Å². The Morgan fingerprint density at radius 3 is 2.17 bits per heavy atom. The zero-order chi connectivity index (χ0) is 9.61. The van der Waals surface area contributed by atoms with E-state index in [2.05, 4.69) is 38.0 Å². The minimum absolute atomic E-state index is 0.319. The summed E-state index contributed by atoms with van der Waals surface area (Å²) in [5.74, 6) is 0. The molecule has 0 amide bonds. The number of hydrogen-bond donors (Lipinski definition) is 1. The Morgan fingerprint density at radius 2 is 1.75 bits per heavy atom. The third-order valence-corrected chi connectivity index (χ3v) is 2.32. The first-order valence-corrected chi connectivity index (χ1v) is 4.84. The van der Waals surface area contributed by atoms with Gasteiger partial charge in [-0.2, -0.15) is 0 Å². The van der Waals surface area contributed by atoms with E-state index < -0.39 is 0 Å². The molecule has 0 atom stereocenters.